The minimum absolute atomic E-state index is 0.134. The Kier molecular flexibility index (Phi) is 3.68. The molecule has 2 nitrogen and oxygen atoms in total. The number of aliphatic hydroxyl groups excluding tert-OH is 1. The van der Waals surface area contributed by atoms with E-state index in [0.29, 0.717) is 0 Å². The SMILES string of the molecule is CC(C)(CO)C(=O)[CH]C=S. The zero-order chi connectivity index (χ0) is 8.20. The number of hydrogen-bond acceptors (Lipinski definition) is 3. The number of thiocarbonyl (C=S) groups is 1. The summed E-state index contributed by atoms with van der Waals surface area (Å²) in [6, 6.07) is 0. The fourth-order valence-electron chi connectivity index (χ4n) is 0.365. The molecule has 0 spiro atoms. The van der Waals surface area contributed by atoms with Gasteiger partial charge < -0.3 is 5.11 Å². The van der Waals surface area contributed by atoms with E-state index in [-0.39, 0.29) is 12.4 Å². The topological polar surface area (TPSA) is 37.3 Å². The summed E-state index contributed by atoms with van der Waals surface area (Å²) < 4.78 is 0. The van der Waals surface area contributed by atoms with E-state index < -0.39 is 5.41 Å². The van der Waals surface area contributed by atoms with Crippen molar-refractivity contribution in [3.63, 3.8) is 0 Å². The number of hydrogen-bond donors (Lipinski definition) is 1. The third kappa shape index (κ3) is 2.54. The van der Waals surface area contributed by atoms with Gasteiger partial charge in [0.2, 0.25) is 0 Å². The second-order valence-electron chi connectivity index (χ2n) is 2.71. The van der Waals surface area contributed by atoms with E-state index in [1.165, 1.54) is 11.8 Å². The van der Waals surface area contributed by atoms with Crippen LogP contribution in [0.1, 0.15) is 13.8 Å². The predicted molar refractivity (Wildman–Crippen MR) is 43.8 cm³/mol. The number of ketones is 1. The highest BCUT2D eigenvalue weighted by molar-refractivity contribution is 7.79. The van der Waals surface area contributed by atoms with Crippen LogP contribution in [0.2, 0.25) is 0 Å². The zero-order valence-electron chi connectivity index (χ0n) is 6.13. The lowest BCUT2D eigenvalue weighted by Gasteiger charge is -2.17. The molecule has 0 atom stereocenters. The average Bonchev–Trinajstić information content (AvgIpc) is 1.89. The summed E-state index contributed by atoms with van der Waals surface area (Å²) in [4.78, 5) is 11.0. The molecule has 10 heavy (non-hydrogen) atoms. The quantitative estimate of drug-likeness (QED) is 0.616. The number of carbonyl (C=O) groups is 1. The fourth-order valence-corrected chi connectivity index (χ4v) is 0.489. The van der Waals surface area contributed by atoms with Crippen LogP contribution in [0.3, 0.4) is 0 Å². The van der Waals surface area contributed by atoms with E-state index in [1.54, 1.807) is 13.8 Å². The average molecular weight is 159 g/mol. The smallest absolute Gasteiger partial charge is 0.149 e. The van der Waals surface area contributed by atoms with Gasteiger partial charge in [-0.1, -0.05) is 26.1 Å². The lowest BCUT2D eigenvalue weighted by Crippen LogP contribution is -2.28. The molecule has 0 rings (SSSR count). The minimum Gasteiger partial charge on any atom is -0.395 e. The molecule has 0 fully saturated rings. The molecular weight excluding hydrogens is 148 g/mol. The summed E-state index contributed by atoms with van der Waals surface area (Å²) in [5, 5.41) is 9.97. The molecule has 0 aliphatic carbocycles. The molecule has 3 heteroatoms. The Morgan fingerprint density at radius 2 is 2.20 bits per heavy atom. The Morgan fingerprint density at radius 3 is 2.50 bits per heavy atom. The normalized spacial score (nSPS) is 11.1. The maximum absolute atomic E-state index is 11.0. The summed E-state index contributed by atoms with van der Waals surface area (Å²) in [6.45, 7) is 3.20. The number of carbonyl (C=O) groups excluding carboxylic acids is 1. The third-order valence-corrected chi connectivity index (χ3v) is 1.42. The molecule has 0 bridgehead atoms. The first kappa shape index (κ1) is 9.72. The van der Waals surface area contributed by atoms with Crippen LogP contribution in [0, 0.1) is 11.8 Å². The van der Waals surface area contributed by atoms with Crippen molar-refractivity contribution in [2.75, 3.05) is 6.61 Å². The van der Waals surface area contributed by atoms with E-state index >= 15 is 0 Å². The van der Waals surface area contributed by atoms with Crippen LogP contribution in [-0.2, 0) is 4.79 Å². The van der Waals surface area contributed by atoms with Crippen LogP contribution in [0.25, 0.3) is 0 Å². The highest BCUT2D eigenvalue weighted by atomic mass is 32.1. The second kappa shape index (κ2) is 3.78. The first-order valence-electron chi connectivity index (χ1n) is 2.98. The van der Waals surface area contributed by atoms with Crippen LogP contribution in [-0.4, -0.2) is 22.9 Å². The monoisotopic (exact) mass is 159 g/mol. The molecule has 0 aliphatic heterocycles. The summed E-state index contributed by atoms with van der Waals surface area (Å²) in [7, 11) is 0. The van der Waals surface area contributed by atoms with Crippen LogP contribution >= 0.6 is 12.2 Å². The number of Topliss-reactive ketones (excluding diaryl/α,β-unsaturated/α-hetero) is 1. The molecule has 0 aliphatic rings. The van der Waals surface area contributed by atoms with Gasteiger partial charge in [0, 0.05) is 5.41 Å². The Hall–Kier alpha value is -0.280. The van der Waals surface area contributed by atoms with Gasteiger partial charge in [-0.15, -0.1) is 0 Å². The van der Waals surface area contributed by atoms with Gasteiger partial charge in [0.15, 0.2) is 0 Å². The predicted octanol–water partition coefficient (Wildman–Crippen LogP) is 0.778. The van der Waals surface area contributed by atoms with Crippen molar-refractivity contribution in [2.24, 2.45) is 5.41 Å². The summed E-state index contributed by atoms with van der Waals surface area (Å²) >= 11 is 4.46. The van der Waals surface area contributed by atoms with E-state index in [0.717, 1.165) is 0 Å². The van der Waals surface area contributed by atoms with Gasteiger partial charge >= 0.3 is 0 Å². The lowest BCUT2D eigenvalue weighted by molar-refractivity contribution is -0.124. The molecule has 0 saturated carbocycles. The highest BCUT2D eigenvalue weighted by Gasteiger charge is 2.24. The van der Waals surface area contributed by atoms with Crippen LogP contribution in [0.4, 0.5) is 0 Å². The lowest BCUT2D eigenvalue weighted by atomic mass is 9.88. The van der Waals surface area contributed by atoms with Crippen LogP contribution < -0.4 is 0 Å². The van der Waals surface area contributed by atoms with Crippen molar-refractivity contribution >= 4 is 23.4 Å². The first-order valence-corrected chi connectivity index (χ1v) is 3.45. The Bertz CT molecular complexity index is 141. The molecule has 0 unspecified atom stereocenters. The number of aliphatic hydroxyl groups is 1. The van der Waals surface area contributed by atoms with E-state index in [1.807, 2.05) is 0 Å². The van der Waals surface area contributed by atoms with E-state index in [9.17, 15) is 4.79 Å². The molecule has 57 valence electrons. The van der Waals surface area contributed by atoms with E-state index in [2.05, 4.69) is 12.2 Å². The third-order valence-electron chi connectivity index (χ3n) is 1.28. The van der Waals surface area contributed by atoms with Crippen molar-refractivity contribution in [3.05, 3.63) is 6.42 Å². The van der Waals surface area contributed by atoms with Gasteiger partial charge in [-0.05, 0) is 5.37 Å². The maximum atomic E-state index is 11.0. The fraction of sp³-hybridized carbons (Fsp3) is 0.571. The Balaban J connectivity index is 4.03. The van der Waals surface area contributed by atoms with Gasteiger partial charge in [-0.2, -0.15) is 0 Å². The summed E-state index contributed by atoms with van der Waals surface area (Å²) in [6.07, 6.45) is 1.30. The van der Waals surface area contributed by atoms with Crippen LogP contribution in [0.5, 0.6) is 0 Å². The van der Waals surface area contributed by atoms with Crippen LogP contribution in [0.15, 0.2) is 0 Å². The highest BCUT2D eigenvalue weighted by Crippen LogP contribution is 2.15. The molecule has 0 aromatic rings. The van der Waals surface area contributed by atoms with Gasteiger partial charge in [-0.3, -0.25) is 4.79 Å². The van der Waals surface area contributed by atoms with Crippen molar-refractivity contribution in [2.45, 2.75) is 13.8 Å². The van der Waals surface area contributed by atoms with Crippen molar-refractivity contribution < 1.29 is 9.90 Å². The number of rotatable bonds is 4. The zero-order valence-corrected chi connectivity index (χ0v) is 6.94. The standard InChI is InChI=1S/C7H11O2S/c1-7(2,5-8)6(9)3-4-10/h3-4,8H,5H2,1-2H3. The Morgan fingerprint density at radius 1 is 1.70 bits per heavy atom. The molecule has 1 radical (unpaired) electrons. The molecule has 0 amide bonds. The van der Waals surface area contributed by atoms with Gasteiger partial charge in [0.25, 0.3) is 0 Å². The van der Waals surface area contributed by atoms with Crippen molar-refractivity contribution in [3.8, 4) is 0 Å². The molecule has 0 aromatic carbocycles. The molecule has 0 saturated heterocycles. The van der Waals surface area contributed by atoms with E-state index in [4.69, 9.17) is 5.11 Å². The van der Waals surface area contributed by atoms with Gasteiger partial charge in [-0.25, -0.2) is 0 Å². The first-order chi connectivity index (χ1) is 4.54. The van der Waals surface area contributed by atoms with Crippen molar-refractivity contribution in [1.82, 2.24) is 0 Å². The minimum atomic E-state index is -0.685. The molecule has 1 N–H and O–H groups in total. The van der Waals surface area contributed by atoms with Gasteiger partial charge in [0.1, 0.15) is 5.78 Å². The molecular formula is C7H11O2S. The van der Waals surface area contributed by atoms with Gasteiger partial charge in [0.05, 0.1) is 13.0 Å². The molecule has 0 heterocycles. The maximum Gasteiger partial charge on any atom is 0.149 e. The Labute approximate surface area is 66.2 Å². The van der Waals surface area contributed by atoms with Crippen molar-refractivity contribution in [1.29, 1.82) is 0 Å². The largest absolute Gasteiger partial charge is 0.395 e. The summed E-state index contributed by atoms with van der Waals surface area (Å²) in [5.41, 5.74) is -0.685. The second-order valence-corrected chi connectivity index (χ2v) is 2.98. The summed E-state index contributed by atoms with van der Waals surface area (Å²) in [5.74, 6) is -0.134. The molecule has 0 aromatic heterocycles.